The fourth-order valence-electron chi connectivity index (χ4n) is 3.63. The molecule has 0 radical (unpaired) electrons. The minimum Gasteiger partial charge on any atom is -0.491 e. The summed E-state index contributed by atoms with van der Waals surface area (Å²) in [5.74, 6) is 0.851. The molecule has 0 saturated carbocycles. The third kappa shape index (κ3) is 4.20. The van der Waals surface area contributed by atoms with Gasteiger partial charge in [-0.15, -0.1) is 0 Å². The largest absolute Gasteiger partial charge is 0.491 e. The first kappa shape index (κ1) is 17.1. The van der Waals surface area contributed by atoms with Gasteiger partial charge in [-0.05, 0) is 52.3 Å². The maximum absolute atomic E-state index is 12.5. The van der Waals surface area contributed by atoms with Gasteiger partial charge in [-0.3, -0.25) is 4.90 Å². The van der Waals surface area contributed by atoms with Gasteiger partial charge in [0.2, 0.25) is 0 Å². The van der Waals surface area contributed by atoms with E-state index in [0.29, 0.717) is 12.6 Å². The molecule has 3 rings (SSSR count). The van der Waals surface area contributed by atoms with E-state index in [-0.39, 0.29) is 12.1 Å². The quantitative estimate of drug-likeness (QED) is 0.902. The molecule has 2 heterocycles. The number of carbonyl (C=O) groups is 1. The van der Waals surface area contributed by atoms with Gasteiger partial charge in [0.1, 0.15) is 5.75 Å². The Hall–Kier alpha value is -1.75. The number of hydrogen-bond donors (Lipinski definition) is 1. The molecule has 0 bridgehead atoms. The molecular weight excluding hydrogens is 302 g/mol. The third-order valence-corrected chi connectivity index (χ3v) is 4.87. The standard InChI is InChI=1S/C19H29N3O2/c1-15(2)24-18-8-4-3-7-16(18)13-20-19(23)22-12-9-17(14-22)21-10-5-6-11-21/h3-4,7-8,15,17H,5-6,9-14H2,1-2H3,(H,20,23)/t17-/m1/s1. The summed E-state index contributed by atoms with van der Waals surface area (Å²) in [4.78, 5) is 17.0. The molecule has 2 fully saturated rings. The average Bonchev–Trinajstić information content (AvgIpc) is 3.24. The molecule has 5 heteroatoms. The van der Waals surface area contributed by atoms with E-state index in [1.54, 1.807) is 0 Å². The summed E-state index contributed by atoms with van der Waals surface area (Å²) in [6.45, 7) is 8.63. The number of nitrogens with zero attached hydrogens (tertiary/aromatic N) is 2. The molecule has 2 aliphatic rings. The van der Waals surface area contributed by atoms with E-state index in [1.807, 2.05) is 43.0 Å². The second-order valence-electron chi connectivity index (χ2n) is 7.06. The zero-order chi connectivity index (χ0) is 16.9. The minimum absolute atomic E-state index is 0.0380. The monoisotopic (exact) mass is 331 g/mol. The van der Waals surface area contributed by atoms with E-state index in [9.17, 15) is 4.79 Å². The Bertz CT molecular complexity index is 555. The number of para-hydroxylation sites is 1. The van der Waals surface area contributed by atoms with E-state index in [2.05, 4.69) is 10.2 Å². The van der Waals surface area contributed by atoms with Crippen molar-refractivity contribution in [1.82, 2.24) is 15.1 Å². The van der Waals surface area contributed by atoms with Crippen molar-refractivity contribution >= 4 is 6.03 Å². The second-order valence-corrected chi connectivity index (χ2v) is 7.06. The predicted octanol–water partition coefficient (Wildman–Crippen LogP) is 2.85. The van der Waals surface area contributed by atoms with Crippen LogP contribution in [0, 0.1) is 0 Å². The van der Waals surface area contributed by atoms with Crippen LogP contribution in [0.3, 0.4) is 0 Å². The number of rotatable bonds is 5. The first-order valence-electron chi connectivity index (χ1n) is 9.15. The maximum atomic E-state index is 12.5. The number of carbonyl (C=O) groups excluding carboxylic acids is 1. The Morgan fingerprint density at radius 3 is 2.75 bits per heavy atom. The van der Waals surface area contributed by atoms with Crippen LogP contribution in [0.1, 0.15) is 38.7 Å². The Kier molecular flexibility index (Phi) is 5.61. The van der Waals surface area contributed by atoms with Crippen molar-refractivity contribution in [3.05, 3.63) is 29.8 Å². The van der Waals surface area contributed by atoms with E-state index in [0.717, 1.165) is 30.8 Å². The van der Waals surface area contributed by atoms with Crippen LogP contribution in [0.4, 0.5) is 4.79 Å². The van der Waals surface area contributed by atoms with Crippen molar-refractivity contribution in [3.8, 4) is 5.75 Å². The summed E-state index contributed by atoms with van der Waals surface area (Å²) < 4.78 is 5.82. The molecule has 1 aromatic carbocycles. The lowest BCUT2D eigenvalue weighted by Crippen LogP contribution is -2.41. The van der Waals surface area contributed by atoms with Crippen molar-refractivity contribution in [1.29, 1.82) is 0 Å². The summed E-state index contributed by atoms with van der Waals surface area (Å²) in [6, 6.07) is 8.50. The molecule has 0 spiro atoms. The number of ether oxygens (including phenoxy) is 1. The smallest absolute Gasteiger partial charge is 0.317 e. The fraction of sp³-hybridized carbons (Fsp3) is 0.632. The van der Waals surface area contributed by atoms with Crippen LogP contribution in [0.25, 0.3) is 0 Å². The normalized spacial score (nSPS) is 21.5. The van der Waals surface area contributed by atoms with Crippen LogP contribution in [-0.4, -0.2) is 54.2 Å². The van der Waals surface area contributed by atoms with Crippen LogP contribution < -0.4 is 10.1 Å². The number of likely N-dealkylation sites (tertiary alicyclic amines) is 2. The second kappa shape index (κ2) is 7.88. The molecule has 0 aliphatic carbocycles. The summed E-state index contributed by atoms with van der Waals surface area (Å²) >= 11 is 0. The molecule has 2 amide bonds. The highest BCUT2D eigenvalue weighted by Crippen LogP contribution is 2.21. The van der Waals surface area contributed by atoms with Gasteiger partial charge in [-0.2, -0.15) is 0 Å². The number of hydrogen-bond acceptors (Lipinski definition) is 3. The number of benzene rings is 1. The van der Waals surface area contributed by atoms with E-state index in [1.165, 1.54) is 25.9 Å². The van der Waals surface area contributed by atoms with Gasteiger partial charge in [0, 0.05) is 31.2 Å². The predicted molar refractivity (Wildman–Crippen MR) is 95.2 cm³/mol. The molecule has 24 heavy (non-hydrogen) atoms. The Labute approximate surface area is 145 Å². The van der Waals surface area contributed by atoms with Crippen molar-refractivity contribution in [2.75, 3.05) is 26.2 Å². The first-order valence-corrected chi connectivity index (χ1v) is 9.15. The lowest BCUT2D eigenvalue weighted by Gasteiger charge is -2.24. The number of amides is 2. The van der Waals surface area contributed by atoms with Crippen molar-refractivity contribution in [2.45, 2.75) is 51.8 Å². The highest BCUT2D eigenvalue weighted by molar-refractivity contribution is 5.74. The Morgan fingerprint density at radius 1 is 1.25 bits per heavy atom. The molecule has 0 unspecified atom stereocenters. The molecule has 2 saturated heterocycles. The number of urea groups is 1. The van der Waals surface area contributed by atoms with Crippen molar-refractivity contribution in [3.63, 3.8) is 0 Å². The van der Waals surface area contributed by atoms with Gasteiger partial charge in [-0.25, -0.2) is 4.79 Å². The van der Waals surface area contributed by atoms with Crippen molar-refractivity contribution < 1.29 is 9.53 Å². The zero-order valence-corrected chi connectivity index (χ0v) is 14.8. The van der Waals surface area contributed by atoms with Crippen LogP contribution in [0.5, 0.6) is 5.75 Å². The molecule has 0 aromatic heterocycles. The van der Waals surface area contributed by atoms with E-state index >= 15 is 0 Å². The van der Waals surface area contributed by atoms with Gasteiger partial charge in [0.05, 0.1) is 6.10 Å². The van der Waals surface area contributed by atoms with Crippen LogP contribution in [0.15, 0.2) is 24.3 Å². The molecule has 1 aromatic rings. The molecule has 2 aliphatic heterocycles. The highest BCUT2D eigenvalue weighted by atomic mass is 16.5. The molecule has 132 valence electrons. The third-order valence-electron chi connectivity index (χ3n) is 4.87. The lowest BCUT2D eigenvalue weighted by molar-refractivity contribution is 0.198. The summed E-state index contributed by atoms with van der Waals surface area (Å²) in [7, 11) is 0. The maximum Gasteiger partial charge on any atom is 0.317 e. The van der Waals surface area contributed by atoms with Gasteiger partial charge in [0.15, 0.2) is 0 Å². The summed E-state index contributed by atoms with van der Waals surface area (Å²) in [5, 5.41) is 3.05. The Balaban J connectivity index is 1.51. The first-order chi connectivity index (χ1) is 11.6. The summed E-state index contributed by atoms with van der Waals surface area (Å²) in [5.41, 5.74) is 1.02. The van der Waals surface area contributed by atoms with Gasteiger partial charge in [-0.1, -0.05) is 18.2 Å². The lowest BCUT2D eigenvalue weighted by atomic mass is 10.2. The van der Waals surface area contributed by atoms with Crippen LogP contribution in [0.2, 0.25) is 0 Å². The molecular formula is C19H29N3O2. The highest BCUT2D eigenvalue weighted by Gasteiger charge is 2.31. The fourth-order valence-corrected chi connectivity index (χ4v) is 3.63. The van der Waals surface area contributed by atoms with Crippen molar-refractivity contribution in [2.24, 2.45) is 0 Å². The van der Waals surface area contributed by atoms with E-state index < -0.39 is 0 Å². The summed E-state index contributed by atoms with van der Waals surface area (Å²) in [6.07, 6.45) is 3.83. The van der Waals surface area contributed by atoms with Gasteiger partial charge >= 0.3 is 6.03 Å². The van der Waals surface area contributed by atoms with E-state index in [4.69, 9.17) is 4.74 Å². The van der Waals surface area contributed by atoms with Crippen LogP contribution >= 0.6 is 0 Å². The van der Waals surface area contributed by atoms with Gasteiger partial charge < -0.3 is 15.0 Å². The zero-order valence-electron chi connectivity index (χ0n) is 14.8. The minimum atomic E-state index is 0.0380. The topological polar surface area (TPSA) is 44.8 Å². The molecule has 1 N–H and O–H groups in total. The van der Waals surface area contributed by atoms with Crippen LogP contribution in [-0.2, 0) is 6.54 Å². The average molecular weight is 331 g/mol. The Morgan fingerprint density at radius 2 is 2.00 bits per heavy atom. The van der Waals surface area contributed by atoms with Gasteiger partial charge in [0.25, 0.3) is 0 Å². The molecule has 1 atom stereocenters. The molecule has 5 nitrogen and oxygen atoms in total. The number of nitrogens with one attached hydrogen (secondary N) is 1. The SMILES string of the molecule is CC(C)Oc1ccccc1CNC(=O)N1CC[C@@H](N2CCCC2)C1.